The molecule has 150 valence electrons. The van der Waals surface area contributed by atoms with Gasteiger partial charge >= 0.3 is 0 Å². The number of fused-ring (bicyclic) bond motifs is 1. The van der Waals surface area contributed by atoms with E-state index in [0.29, 0.717) is 11.4 Å². The number of hydrogen-bond donors (Lipinski definition) is 0. The largest absolute Gasteiger partial charge is 0.474 e. The molecule has 0 N–H and O–H groups in total. The van der Waals surface area contributed by atoms with Gasteiger partial charge in [0.2, 0.25) is 12.5 Å². The number of aliphatic imine (C=N–C) groups is 1. The summed E-state index contributed by atoms with van der Waals surface area (Å²) >= 11 is 1.53. The Kier molecular flexibility index (Phi) is 6.85. The Bertz CT molecular complexity index is 1040. The van der Waals surface area contributed by atoms with Crippen LogP contribution in [0.3, 0.4) is 0 Å². The highest BCUT2D eigenvalue weighted by molar-refractivity contribution is 7.16. The first-order valence-electron chi connectivity index (χ1n) is 8.88. The second-order valence-corrected chi connectivity index (χ2v) is 7.21. The van der Waals surface area contributed by atoms with Gasteiger partial charge in [-0.3, -0.25) is 4.99 Å². The normalized spacial score (nSPS) is 13.6. The predicted octanol–water partition coefficient (Wildman–Crippen LogP) is 4.74. The molecular weight excluding hydrogens is 390 g/mol. The second-order valence-electron chi connectivity index (χ2n) is 6.33. The zero-order valence-corrected chi connectivity index (χ0v) is 17.2. The van der Waals surface area contributed by atoms with Crippen LogP contribution >= 0.6 is 11.3 Å². The minimum Gasteiger partial charge on any atom is -0.474 e. The average molecular weight is 411 g/mol. The minimum absolute atomic E-state index is 0.0315. The van der Waals surface area contributed by atoms with Crippen LogP contribution < -0.4 is 4.74 Å². The highest BCUT2D eigenvalue weighted by Gasteiger charge is 2.22. The summed E-state index contributed by atoms with van der Waals surface area (Å²) in [5, 5.41) is 11.6. The van der Waals surface area contributed by atoms with E-state index >= 15 is 0 Å². The summed E-state index contributed by atoms with van der Waals surface area (Å²) in [5.74, 6) is 0.898. The van der Waals surface area contributed by atoms with Gasteiger partial charge in [0, 0.05) is 6.21 Å². The molecule has 0 bridgehead atoms. The maximum atomic E-state index is 6.05. The maximum Gasteiger partial charge on any atom is 0.263 e. The predicted molar refractivity (Wildman–Crippen MR) is 113 cm³/mol. The Morgan fingerprint density at radius 2 is 2.21 bits per heavy atom. The highest BCUT2D eigenvalue weighted by atomic mass is 32.1. The number of nitrogens with zero attached hydrogens (tertiary/aromatic N) is 5. The monoisotopic (exact) mass is 411 g/mol. The lowest BCUT2D eigenvalue weighted by Gasteiger charge is -2.15. The molecule has 29 heavy (non-hydrogen) atoms. The van der Waals surface area contributed by atoms with Gasteiger partial charge in [-0.25, -0.2) is 4.98 Å². The number of ether oxygens (including phenoxy) is 1. The van der Waals surface area contributed by atoms with Gasteiger partial charge in [-0.2, -0.15) is 0 Å². The van der Waals surface area contributed by atoms with Gasteiger partial charge in [0.15, 0.2) is 0 Å². The topological polar surface area (TPSA) is 95.0 Å². The summed E-state index contributed by atoms with van der Waals surface area (Å²) in [6.45, 7) is 9.70. The smallest absolute Gasteiger partial charge is 0.263 e. The molecule has 0 saturated carbocycles. The van der Waals surface area contributed by atoms with Crippen molar-refractivity contribution in [2.45, 2.75) is 33.0 Å². The van der Waals surface area contributed by atoms with Crippen LogP contribution in [0.2, 0.25) is 0 Å². The summed E-state index contributed by atoms with van der Waals surface area (Å²) < 4.78 is 12.4. The van der Waals surface area contributed by atoms with Gasteiger partial charge in [-0.05, 0) is 50.6 Å². The molecule has 2 heterocycles. The molecule has 9 heteroatoms. The third kappa shape index (κ3) is 5.82. The maximum absolute atomic E-state index is 6.05. The van der Waals surface area contributed by atoms with Crippen molar-refractivity contribution < 1.29 is 14.0 Å². The summed E-state index contributed by atoms with van der Waals surface area (Å²) in [5.41, 5.74) is 3.99. The lowest BCUT2D eigenvalue weighted by atomic mass is 10.2. The first-order valence-corrected chi connectivity index (χ1v) is 9.76. The van der Waals surface area contributed by atoms with Crippen molar-refractivity contribution in [2.24, 2.45) is 10.1 Å². The molecule has 2 aromatic heterocycles. The zero-order chi connectivity index (χ0) is 20.6. The quantitative estimate of drug-likeness (QED) is 0.373. The molecule has 0 fully saturated rings. The molecule has 0 spiro atoms. The fourth-order valence-electron chi connectivity index (χ4n) is 2.20. The Morgan fingerprint density at radius 1 is 1.34 bits per heavy atom. The van der Waals surface area contributed by atoms with E-state index in [2.05, 4.69) is 31.9 Å². The Morgan fingerprint density at radius 3 is 2.97 bits per heavy atom. The van der Waals surface area contributed by atoms with Crippen molar-refractivity contribution in [1.82, 2.24) is 15.2 Å². The van der Waals surface area contributed by atoms with Crippen molar-refractivity contribution in [3.63, 3.8) is 0 Å². The number of thiazole rings is 1. The molecule has 1 atom stereocenters. The first kappa shape index (κ1) is 20.4. The number of rotatable bonds is 9. The van der Waals surface area contributed by atoms with E-state index < -0.39 is 6.10 Å². The second kappa shape index (κ2) is 9.74. The summed E-state index contributed by atoms with van der Waals surface area (Å²) in [4.78, 5) is 13.8. The molecule has 0 amide bonds. The number of aromatic nitrogens is 3. The van der Waals surface area contributed by atoms with E-state index in [1.165, 1.54) is 17.7 Å². The summed E-state index contributed by atoms with van der Waals surface area (Å²) in [6, 6.07) is 5.63. The lowest BCUT2D eigenvalue weighted by Crippen LogP contribution is -2.10. The minimum atomic E-state index is -0.717. The molecule has 3 rings (SSSR count). The molecule has 0 saturated heterocycles. The lowest BCUT2D eigenvalue weighted by molar-refractivity contribution is 0.0873. The number of benzene rings is 1. The third-order valence-electron chi connectivity index (χ3n) is 3.57. The van der Waals surface area contributed by atoms with Gasteiger partial charge < -0.3 is 14.0 Å². The van der Waals surface area contributed by atoms with Crippen molar-refractivity contribution in [2.75, 3.05) is 0 Å². The van der Waals surface area contributed by atoms with Gasteiger partial charge in [0.25, 0.3) is 5.89 Å². The Balaban J connectivity index is 1.73. The molecule has 0 radical (unpaired) electrons. The molecule has 0 aliphatic carbocycles. The van der Waals surface area contributed by atoms with Crippen LogP contribution in [-0.2, 0) is 4.84 Å². The van der Waals surface area contributed by atoms with Gasteiger partial charge in [0.05, 0.1) is 27.6 Å². The number of allylic oxidation sites excluding steroid dienone is 2. The molecule has 3 aromatic rings. The van der Waals surface area contributed by atoms with Crippen LogP contribution in [0.15, 0.2) is 68.6 Å². The summed E-state index contributed by atoms with van der Waals surface area (Å²) in [6.07, 6.45) is 5.56. The molecule has 0 aliphatic rings. The molecule has 1 aromatic carbocycles. The third-order valence-corrected chi connectivity index (χ3v) is 4.36. The van der Waals surface area contributed by atoms with Crippen LogP contribution in [0.25, 0.3) is 10.2 Å². The van der Waals surface area contributed by atoms with Crippen molar-refractivity contribution in [1.29, 1.82) is 0 Å². The SMILES string of the molecule is C=C(N=C/C=C(C)/C=N/OC(C)C)C(Oc1ccc2ncsc2c1)c1nnco1. The van der Waals surface area contributed by atoms with Crippen LogP contribution in [0.1, 0.15) is 32.8 Å². The number of oxime groups is 1. The van der Waals surface area contributed by atoms with Crippen molar-refractivity contribution >= 4 is 34.0 Å². The standard InChI is InChI=1S/C20H21N5O3S/c1-13(2)28-24-10-14(3)7-8-21-15(4)19(20-25-23-11-26-20)27-16-5-6-17-18(9-16)29-12-22-17/h5-13,19H,4H2,1-3H3/b14-7+,21-8?,24-10+. The zero-order valence-electron chi connectivity index (χ0n) is 16.3. The van der Waals surface area contributed by atoms with Crippen LogP contribution in [0.4, 0.5) is 0 Å². The van der Waals surface area contributed by atoms with Crippen LogP contribution in [0, 0.1) is 0 Å². The van der Waals surface area contributed by atoms with E-state index in [4.69, 9.17) is 14.0 Å². The molecular formula is C20H21N5O3S. The van der Waals surface area contributed by atoms with Crippen molar-refractivity contribution in [3.8, 4) is 5.75 Å². The van der Waals surface area contributed by atoms with Gasteiger partial charge in [0.1, 0.15) is 11.9 Å². The highest BCUT2D eigenvalue weighted by Crippen LogP contribution is 2.30. The fraction of sp³-hybridized carbons (Fsp3) is 0.250. The molecule has 1 unspecified atom stereocenters. The van der Waals surface area contributed by atoms with Gasteiger partial charge in [-0.15, -0.1) is 21.5 Å². The van der Waals surface area contributed by atoms with Crippen LogP contribution in [-0.4, -0.2) is 33.7 Å². The summed E-state index contributed by atoms with van der Waals surface area (Å²) in [7, 11) is 0. The average Bonchev–Trinajstić information content (AvgIpc) is 3.37. The van der Waals surface area contributed by atoms with E-state index in [0.717, 1.165) is 15.8 Å². The van der Waals surface area contributed by atoms with Crippen molar-refractivity contribution in [3.05, 3.63) is 59.9 Å². The van der Waals surface area contributed by atoms with E-state index in [1.54, 1.807) is 24.0 Å². The van der Waals surface area contributed by atoms with Crippen LogP contribution in [0.5, 0.6) is 5.75 Å². The van der Waals surface area contributed by atoms with E-state index in [9.17, 15) is 0 Å². The molecule has 8 nitrogen and oxygen atoms in total. The fourth-order valence-corrected chi connectivity index (χ4v) is 2.90. The van der Waals surface area contributed by atoms with E-state index in [1.807, 2.05) is 39.0 Å². The first-order chi connectivity index (χ1) is 14.0. The van der Waals surface area contributed by atoms with Gasteiger partial charge in [-0.1, -0.05) is 11.7 Å². The van der Waals surface area contributed by atoms with E-state index in [-0.39, 0.29) is 12.0 Å². The molecule has 0 aliphatic heterocycles. The number of hydrogen-bond acceptors (Lipinski definition) is 9. The Labute approximate surface area is 172 Å². The Hall–Kier alpha value is -3.33.